The lowest BCUT2D eigenvalue weighted by molar-refractivity contribution is 0.0663. The van der Waals surface area contributed by atoms with E-state index in [1.165, 1.54) is 10.9 Å². The van der Waals surface area contributed by atoms with E-state index in [4.69, 9.17) is 13.9 Å². The van der Waals surface area contributed by atoms with E-state index in [2.05, 4.69) is 11.0 Å². The summed E-state index contributed by atoms with van der Waals surface area (Å²) >= 11 is 0. The summed E-state index contributed by atoms with van der Waals surface area (Å²) in [5.74, 6) is 1.41. The average molecular weight is 386 g/mol. The van der Waals surface area contributed by atoms with E-state index in [0.717, 1.165) is 63.2 Å². The van der Waals surface area contributed by atoms with Crippen LogP contribution in [0.3, 0.4) is 0 Å². The molecule has 2 aliphatic heterocycles. The van der Waals surface area contributed by atoms with Gasteiger partial charge in [-0.25, -0.2) is 4.79 Å². The van der Waals surface area contributed by atoms with Gasteiger partial charge in [0.05, 0.1) is 20.0 Å². The van der Waals surface area contributed by atoms with Gasteiger partial charge in [-0.3, -0.25) is 0 Å². The normalized spacial score (nSPS) is 19.9. The summed E-state index contributed by atoms with van der Waals surface area (Å²) in [7, 11) is 1.70. The van der Waals surface area contributed by atoms with Crippen LogP contribution >= 0.6 is 0 Å². The number of benzene rings is 1. The lowest BCUT2D eigenvalue weighted by Crippen LogP contribution is -2.48. The maximum atomic E-state index is 11.9. The van der Waals surface area contributed by atoms with E-state index < -0.39 is 0 Å². The molecule has 0 spiro atoms. The summed E-state index contributed by atoms with van der Waals surface area (Å²) in [6.45, 7) is 6.11. The van der Waals surface area contributed by atoms with E-state index in [-0.39, 0.29) is 6.09 Å². The summed E-state index contributed by atoms with van der Waals surface area (Å²) < 4.78 is 16.3. The first-order valence-electron chi connectivity index (χ1n) is 10.4. The summed E-state index contributed by atoms with van der Waals surface area (Å²) in [4.78, 5) is 16.3. The minimum Gasteiger partial charge on any atom is -0.497 e. The molecule has 0 radical (unpaired) electrons. The number of furan rings is 1. The van der Waals surface area contributed by atoms with Crippen LogP contribution in [0.4, 0.5) is 4.79 Å². The number of carbonyl (C=O) groups is 1. The smallest absolute Gasteiger partial charge is 0.409 e. The van der Waals surface area contributed by atoms with Gasteiger partial charge in [0.1, 0.15) is 11.3 Å². The van der Waals surface area contributed by atoms with Crippen LogP contribution in [0.25, 0.3) is 11.0 Å². The number of carbonyl (C=O) groups excluding carboxylic acids is 1. The predicted molar refractivity (Wildman–Crippen MR) is 108 cm³/mol. The molecule has 0 saturated carbocycles. The number of rotatable bonds is 4. The molecule has 28 heavy (non-hydrogen) atoms. The van der Waals surface area contributed by atoms with E-state index in [1.807, 2.05) is 30.2 Å². The molecule has 2 aromatic rings. The molecule has 4 rings (SSSR count). The Kier molecular flexibility index (Phi) is 5.76. The van der Waals surface area contributed by atoms with Crippen LogP contribution in [0.15, 0.2) is 28.9 Å². The lowest BCUT2D eigenvalue weighted by Gasteiger charge is -2.41. The Morgan fingerprint density at radius 2 is 1.89 bits per heavy atom. The summed E-state index contributed by atoms with van der Waals surface area (Å²) in [6, 6.07) is 6.60. The Bertz CT molecular complexity index is 802. The third-order valence-electron chi connectivity index (χ3n) is 6.29. The monoisotopic (exact) mass is 386 g/mol. The van der Waals surface area contributed by atoms with Crippen LogP contribution in [0, 0.1) is 0 Å². The zero-order chi connectivity index (χ0) is 19.5. The number of amides is 1. The van der Waals surface area contributed by atoms with Gasteiger partial charge in [0, 0.05) is 30.1 Å². The molecular weight excluding hydrogens is 356 g/mol. The molecule has 6 heteroatoms. The molecule has 0 N–H and O–H groups in total. The Balaban J connectivity index is 1.34. The number of methoxy groups -OCH3 is 1. The van der Waals surface area contributed by atoms with Gasteiger partial charge in [0.15, 0.2) is 0 Å². The van der Waals surface area contributed by atoms with Gasteiger partial charge in [-0.05, 0) is 69.8 Å². The van der Waals surface area contributed by atoms with Crippen LogP contribution in [-0.4, -0.2) is 61.8 Å². The van der Waals surface area contributed by atoms with Crippen LogP contribution in [-0.2, 0) is 4.74 Å². The summed E-state index contributed by atoms with van der Waals surface area (Å²) in [5, 5.41) is 1.18. The molecule has 0 unspecified atom stereocenters. The van der Waals surface area contributed by atoms with Crippen LogP contribution in [0.1, 0.15) is 44.1 Å². The third kappa shape index (κ3) is 3.83. The molecule has 0 aliphatic carbocycles. The van der Waals surface area contributed by atoms with Gasteiger partial charge in [-0.15, -0.1) is 0 Å². The minimum absolute atomic E-state index is 0.165. The molecule has 3 heterocycles. The number of ether oxygens (including phenoxy) is 2. The molecule has 152 valence electrons. The van der Waals surface area contributed by atoms with Crippen LogP contribution < -0.4 is 4.74 Å². The Labute approximate surface area is 166 Å². The van der Waals surface area contributed by atoms with Crippen molar-refractivity contribution >= 4 is 17.1 Å². The van der Waals surface area contributed by atoms with Gasteiger partial charge in [-0.2, -0.15) is 0 Å². The quantitative estimate of drug-likeness (QED) is 0.787. The predicted octanol–water partition coefficient (Wildman–Crippen LogP) is 4.24. The van der Waals surface area contributed by atoms with Crippen LogP contribution in [0.2, 0.25) is 0 Å². The van der Waals surface area contributed by atoms with Gasteiger partial charge in [0.25, 0.3) is 0 Å². The topological polar surface area (TPSA) is 55.2 Å². The van der Waals surface area contributed by atoms with Crippen molar-refractivity contribution in [1.29, 1.82) is 0 Å². The van der Waals surface area contributed by atoms with Gasteiger partial charge in [0.2, 0.25) is 0 Å². The second kappa shape index (κ2) is 8.43. The first-order chi connectivity index (χ1) is 13.7. The standard InChI is InChI=1S/C22H30N2O4/c1-3-27-22(25)24-12-8-17(9-13-24)23-10-6-16(7-11-23)20-15-28-21-5-4-18(26-2)14-19(20)21/h4-5,14-17H,3,6-13H2,1-2H3. The highest BCUT2D eigenvalue weighted by atomic mass is 16.6. The zero-order valence-electron chi connectivity index (χ0n) is 16.9. The van der Waals surface area contributed by atoms with Gasteiger partial charge < -0.3 is 23.7 Å². The molecule has 2 aliphatic rings. The Hall–Kier alpha value is -2.21. The van der Waals surface area contributed by atoms with Crippen LogP contribution in [0.5, 0.6) is 5.75 Å². The van der Waals surface area contributed by atoms with E-state index >= 15 is 0 Å². The van der Waals surface area contributed by atoms with Gasteiger partial charge >= 0.3 is 6.09 Å². The fraction of sp³-hybridized carbons (Fsp3) is 0.591. The number of hydrogen-bond donors (Lipinski definition) is 0. The van der Waals surface area contributed by atoms with Crippen molar-refractivity contribution < 1.29 is 18.7 Å². The second-order valence-electron chi connectivity index (χ2n) is 7.78. The van der Waals surface area contributed by atoms with Crippen molar-refractivity contribution in [3.63, 3.8) is 0 Å². The molecule has 0 bridgehead atoms. The minimum atomic E-state index is -0.165. The van der Waals surface area contributed by atoms with Crippen molar-refractivity contribution in [2.24, 2.45) is 0 Å². The van der Waals surface area contributed by atoms with E-state index in [0.29, 0.717) is 18.6 Å². The maximum Gasteiger partial charge on any atom is 0.409 e. The number of nitrogens with zero attached hydrogens (tertiary/aromatic N) is 2. The molecule has 2 fully saturated rings. The van der Waals surface area contributed by atoms with Crippen molar-refractivity contribution in [3.8, 4) is 5.75 Å². The Morgan fingerprint density at radius 3 is 2.57 bits per heavy atom. The third-order valence-corrected chi connectivity index (χ3v) is 6.29. The first-order valence-corrected chi connectivity index (χ1v) is 10.4. The highest BCUT2D eigenvalue weighted by Gasteiger charge is 2.31. The summed E-state index contributed by atoms with van der Waals surface area (Å²) in [5.41, 5.74) is 2.25. The molecule has 1 amide bonds. The van der Waals surface area contributed by atoms with Crippen molar-refractivity contribution in [3.05, 3.63) is 30.0 Å². The molecule has 1 aromatic carbocycles. The zero-order valence-corrected chi connectivity index (χ0v) is 16.9. The maximum absolute atomic E-state index is 11.9. The van der Waals surface area contributed by atoms with E-state index in [1.54, 1.807) is 7.11 Å². The lowest BCUT2D eigenvalue weighted by atomic mass is 9.88. The SMILES string of the molecule is CCOC(=O)N1CCC(N2CCC(c3coc4ccc(OC)cc34)CC2)CC1. The van der Waals surface area contributed by atoms with Crippen molar-refractivity contribution in [2.45, 2.75) is 44.6 Å². The van der Waals surface area contributed by atoms with Crippen molar-refractivity contribution in [1.82, 2.24) is 9.80 Å². The number of fused-ring (bicyclic) bond motifs is 1. The Morgan fingerprint density at radius 1 is 1.14 bits per heavy atom. The summed E-state index contributed by atoms with van der Waals surface area (Å²) in [6.07, 6.45) is 6.13. The molecule has 6 nitrogen and oxygen atoms in total. The highest BCUT2D eigenvalue weighted by molar-refractivity contribution is 5.83. The molecule has 0 atom stereocenters. The average Bonchev–Trinajstić information content (AvgIpc) is 3.17. The molecule has 2 saturated heterocycles. The number of piperidine rings is 2. The van der Waals surface area contributed by atoms with Gasteiger partial charge in [-0.1, -0.05) is 0 Å². The second-order valence-corrected chi connectivity index (χ2v) is 7.78. The first kappa shape index (κ1) is 19.1. The molecular formula is C22H30N2O4. The number of hydrogen-bond acceptors (Lipinski definition) is 5. The molecule has 1 aromatic heterocycles. The fourth-order valence-corrected chi connectivity index (χ4v) is 4.67. The van der Waals surface area contributed by atoms with Crippen molar-refractivity contribution in [2.75, 3.05) is 39.9 Å². The highest BCUT2D eigenvalue weighted by Crippen LogP contribution is 2.37. The van der Waals surface area contributed by atoms with E-state index in [9.17, 15) is 4.79 Å². The fourth-order valence-electron chi connectivity index (χ4n) is 4.67. The largest absolute Gasteiger partial charge is 0.497 e. The number of likely N-dealkylation sites (tertiary alicyclic amines) is 2.